The van der Waals surface area contributed by atoms with Gasteiger partial charge in [-0.3, -0.25) is 14.3 Å². The van der Waals surface area contributed by atoms with Crippen LogP contribution in [0.4, 0.5) is 0 Å². The number of rotatable bonds is 5. The quantitative estimate of drug-likeness (QED) is 0.632. The van der Waals surface area contributed by atoms with Crippen LogP contribution in [0.1, 0.15) is 35.5 Å². The maximum atomic E-state index is 12.6. The van der Waals surface area contributed by atoms with Crippen LogP contribution in [0.15, 0.2) is 29.4 Å². The minimum atomic E-state index is -0.423. The Bertz CT molecular complexity index is 1070. The van der Waals surface area contributed by atoms with E-state index in [9.17, 15) is 9.59 Å². The number of benzene rings is 1. The van der Waals surface area contributed by atoms with Crippen molar-refractivity contribution in [2.24, 2.45) is 12.0 Å². The lowest BCUT2D eigenvalue weighted by Crippen LogP contribution is -2.23. The lowest BCUT2D eigenvalue weighted by atomic mass is 10.2. The average Bonchev–Trinajstić information content (AvgIpc) is 3.14. The molecule has 8 heteroatoms. The maximum Gasteiger partial charge on any atom is 0.326 e. The van der Waals surface area contributed by atoms with Crippen LogP contribution in [0.3, 0.4) is 0 Å². The van der Waals surface area contributed by atoms with E-state index in [1.54, 1.807) is 29.4 Å². The lowest BCUT2D eigenvalue weighted by molar-refractivity contribution is -0.143. The minimum Gasteiger partial charge on any atom is -0.465 e. The summed E-state index contributed by atoms with van der Waals surface area (Å²) in [7, 11) is 1.76. The Morgan fingerprint density at radius 1 is 1.30 bits per heavy atom. The molecule has 0 aliphatic carbocycles. The number of aromatic nitrogens is 3. The average molecular weight is 386 g/mol. The second-order valence-corrected chi connectivity index (χ2v) is 7.19. The summed E-state index contributed by atoms with van der Waals surface area (Å²) in [6, 6.07) is 6.04. The van der Waals surface area contributed by atoms with Gasteiger partial charge in [-0.05, 0) is 38.0 Å². The van der Waals surface area contributed by atoms with Gasteiger partial charge in [0.2, 0.25) is 0 Å². The first kappa shape index (κ1) is 19.0. The molecule has 0 aliphatic heterocycles. The molecule has 0 saturated carbocycles. The third-order valence-electron chi connectivity index (χ3n) is 4.16. The summed E-state index contributed by atoms with van der Waals surface area (Å²) in [6.45, 7) is 5.98. The molecular formula is C19H22N4O3S. The van der Waals surface area contributed by atoms with Crippen LogP contribution in [-0.4, -0.2) is 32.8 Å². The summed E-state index contributed by atoms with van der Waals surface area (Å²) in [5.41, 5.74) is 3.12. The largest absolute Gasteiger partial charge is 0.465 e. The van der Waals surface area contributed by atoms with Gasteiger partial charge in [-0.2, -0.15) is 10.1 Å². The van der Waals surface area contributed by atoms with E-state index >= 15 is 0 Å². The highest BCUT2D eigenvalue weighted by Crippen LogP contribution is 2.20. The molecule has 27 heavy (non-hydrogen) atoms. The Labute approximate surface area is 160 Å². The second-order valence-electron chi connectivity index (χ2n) is 6.18. The molecule has 0 atom stereocenters. The van der Waals surface area contributed by atoms with Crippen molar-refractivity contribution in [1.82, 2.24) is 14.3 Å². The van der Waals surface area contributed by atoms with Gasteiger partial charge in [0.15, 0.2) is 10.5 Å². The molecule has 1 aromatic carbocycles. The minimum absolute atomic E-state index is 0.00657. The van der Waals surface area contributed by atoms with E-state index in [4.69, 9.17) is 4.74 Å². The van der Waals surface area contributed by atoms with E-state index in [1.165, 1.54) is 16.9 Å². The fourth-order valence-electron chi connectivity index (χ4n) is 2.87. The van der Waals surface area contributed by atoms with Crippen molar-refractivity contribution in [3.05, 3.63) is 46.0 Å². The number of ether oxygens (including phenoxy) is 1. The molecular weight excluding hydrogens is 364 g/mol. The Morgan fingerprint density at radius 3 is 2.70 bits per heavy atom. The van der Waals surface area contributed by atoms with E-state index in [1.807, 2.05) is 19.1 Å². The molecule has 0 aliphatic rings. The van der Waals surface area contributed by atoms with Crippen molar-refractivity contribution >= 4 is 33.4 Å². The van der Waals surface area contributed by atoms with Gasteiger partial charge in [0.1, 0.15) is 6.54 Å². The van der Waals surface area contributed by atoms with Crippen molar-refractivity contribution in [3.63, 3.8) is 0 Å². The highest BCUT2D eigenvalue weighted by molar-refractivity contribution is 7.16. The number of carbonyl (C=O) groups is 2. The first-order valence-corrected chi connectivity index (χ1v) is 9.61. The number of amides is 1. The van der Waals surface area contributed by atoms with E-state index < -0.39 is 5.91 Å². The number of esters is 1. The Hall–Kier alpha value is -2.74. The summed E-state index contributed by atoms with van der Waals surface area (Å²) >= 11 is 1.38. The molecule has 142 valence electrons. The standard InChI is InChI=1S/C19H22N4O3S/c1-5-13-7-8-14-15(9-13)27-19(23(14)11-16(24)26-6-2)20-18(25)17-12(3)10-22(4)21-17/h7-10H,5-6,11H2,1-4H3. The topological polar surface area (TPSA) is 78.5 Å². The molecule has 0 radical (unpaired) electrons. The molecule has 0 N–H and O–H groups in total. The SMILES string of the molecule is CCOC(=O)Cn1c(=NC(=O)c2nn(C)cc2C)sc2cc(CC)ccc21. The van der Waals surface area contributed by atoms with Crippen molar-refractivity contribution in [1.29, 1.82) is 0 Å². The second kappa shape index (κ2) is 7.87. The maximum absolute atomic E-state index is 12.6. The molecule has 0 saturated heterocycles. The fraction of sp³-hybridized carbons (Fsp3) is 0.368. The predicted molar refractivity (Wildman–Crippen MR) is 104 cm³/mol. The van der Waals surface area contributed by atoms with E-state index in [0.29, 0.717) is 17.1 Å². The van der Waals surface area contributed by atoms with E-state index in [2.05, 4.69) is 23.1 Å². The van der Waals surface area contributed by atoms with Gasteiger partial charge in [0, 0.05) is 18.8 Å². The summed E-state index contributed by atoms with van der Waals surface area (Å²) in [6.07, 6.45) is 2.68. The lowest BCUT2D eigenvalue weighted by Gasteiger charge is -2.05. The molecule has 7 nitrogen and oxygen atoms in total. The first-order chi connectivity index (χ1) is 12.9. The molecule has 3 rings (SSSR count). The fourth-order valence-corrected chi connectivity index (χ4v) is 3.96. The molecule has 2 aromatic heterocycles. The number of thiazole rings is 1. The van der Waals surface area contributed by atoms with Crippen LogP contribution in [0.2, 0.25) is 0 Å². The van der Waals surface area contributed by atoms with Crippen molar-refractivity contribution in [3.8, 4) is 0 Å². The zero-order valence-corrected chi connectivity index (χ0v) is 16.7. The number of hydrogen-bond acceptors (Lipinski definition) is 5. The molecule has 0 unspecified atom stereocenters. The van der Waals surface area contributed by atoms with Gasteiger partial charge < -0.3 is 9.30 Å². The Balaban J connectivity index is 2.13. The molecule has 3 aromatic rings. The van der Waals surface area contributed by atoms with Gasteiger partial charge >= 0.3 is 5.97 Å². The van der Waals surface area contributed by atoms with E-state index in [0.717, 1.165) is 22.2 Å². The van der Waals surface area contributed by atoms with E-state index in [-0.39, 0.29) is 12.5 Å². The molecule has 0 spiro atoms. The van der Waals surface area contributed by atoms with Crippen LogP contribution < -0.4 is 4.80 Å². The number of hydrogen-bond donors (Lipinski definition) is 0. The molecule has 0 bridgehead atoms. The zero-order chi connectivity index (χ0) is 19.6. The zero-order valence-electron chi connectivity index (χ0n) is 15.9. The number of aryl methyl sites for hydroxylation is 3. The summed E-state index contributed by atoms with van der Waals surface area (Å²) < 4.78 is 9.37. The van der Waals surface area contributed by atoms with Crippen LogP contribution in [0.25, 0.3) is 10.2 Å². The Kier molecular flexibility index (Phi) is 5.55. The van der Waals surface area contributed by atoms with Crippen LogP contribution in [-0.2, 0) is 29.5 Å². The van der Waals surface area contributed by atoms with Gasteiger partial charge in [-0.25, -0.2) is 0 Å². The summed E-state index contributed by atoms with van der Waals surface area (Å²) in [4.78, 5) is 29.4. The van der Waals surface area contributed by atoms with Crippen LogP contribution in [0, 0.1) is 6.92 Å². The number of fused-ring (bicyclic) bond motifs is 1. The third kappa shape index (κ3) is 4.00. The summed E-state index contributed by atoms with van der Waals surface area (Å²) in [5.74, 6) is -0.785. The normalized spacial score (nSPS) is 11.9. The van der Waals surface area contributed by atoms with Gasteiger partial charge in [-0.1, -0.05) is 24.3 Å². The molecule has 0 fully saturated rings. The third-order valence-corrected chi connectivity index (χ3v) is 5.20. The van der Waals surface area contributed by atoms with Crippen molar-refractivity contribution in [2.45, 2.75) is 33.7 Å². The first-order valence-electron chi connectivity index (χ1n) is 8.80. The van der Waals surface area contributed by atoms with Gasteiger partial charge in [0.25, 0.3) is 5.91 Å². The predicted octanol–water partition coefficient (Wildman–Crippen LogP) is 2.61. The van der Waals surface area contributed by atoms with Crippen LogP contribution >= 0.6 is 11.3 Å². The Morgan fingerprint density at radius 2 is 2.07 bits per heavy atom. The highest BCUT2D eigenvalue weighted by Gasteiger charge is 2.16. The smallest absolute Gasteiger partial charge is 0.326 e. The highest BCUT2D eigenvalue weighted by atomic mass is 32.1. The molecule has 1 amide bonds. The van der Waals surface area contributed by atoms with Gasteiger partial charge in [-0.15, -0.1) is 0 Å². The van der Waals surface area contributed by atoms with Crippen molar-refractivity contribution < 1.29 is 14.3 Å². The summed E-state index contributed by atoms with van der Waals surface area (Å²) in [5, 5.41) is 4.18. The number of carbonyl (C=O) groups excluding carboxylic acids is 2. The van der Waals surface area contributed by atoms with Gasteiger partial charge in [0.05, 0.1) is 16.8 Å². The van der Waals surface area contributed by atoms with Crippen LogP contribution in [0.5, 0.6) is 0 Å². The number of nitrogens with zero attached hydrogens (tertiary/aromatic N) is 4. The van der Waals surface area contributed by atoms with Crippen molar-refractivity contribution in [2.75, 3.05) is 6.61 Å². The monoisotopic (exact) mass is 386 g/mol. The molecule has 2 heterocycles.